The van der Waals surface area contributed by atoms with Crippen LogP contribution in [0.25, 0.3) is 10.9 Å². The van der Waals surface area contributed by atoms with Gasteiger partial charge in [-0.25, -0.2) is 9.78 Å². The van der Waals surface area contributed by atoms with Crippen molar-refractivity contribution in [1.29, 1.82) is 0 Å². The van der Waals surface area contributed by atoms with Gasteiger partial charge in [-0.05, 0) is 30.6 Å². The Morgan fingerprint density at radius 2 is 2.12 bits per heavy atom. The van der Waals surface area contributed by atoms with E-state index in [0.29, 0.717) is 28.9 Å². The fraction of sp³-hybridized carbons (Fsp3) is 0.412. The molecule has 2 N–H and O–H groups in total. The van der Waals surface area contributed by atoms with Gasteiger partial charge in [0.2, 0.25) is 5.91 Å². The normalized spacial score (nSPS) is 11.9. The number of nitrogens with zero attached hydrogens (tertiary/aromatic N) is 1. The van der Waals surface area contributed by atoms with Gasteiger partial charge in [0, 0.05) is 0 Å². The number of methoxy groups -OCH3 is 1. The number of rotatable bonds is 9. The monoisotopic (exact) mass is 395 g/mol. The summed E-state index contributed by atoms with van der Waals surface area (Å²) < 4.78 is 4.72. The van der Waals surface area contributed by atoms with Crippen LogP contribution in [-0.2, 0) is 20.1 Å². The summed E-state index contributed by atoms with van der Waals surface area (Å²) in [5, 5.41) is 3.23. The van der Waals surface area contributed by atoms with Gasteiger partial charge in [-0.2, -0.15) is 11.8 Å². The highest BCUT2D eigenvalue weighted by molar-refractivity contribution is 7.99. The summed E-state index contributed by atoms with van der Waals surface area (Å²) in [5.41, 5.74) is 0.428. The molecule has 7 nitrogen and oxygen atoms in total. The zero-order valence-corrected chi connectivity index (χ0v) is 16.2. The van der Waals surface area contributed by atoms with Gasteiger partial charge in [0.25, 0.3) is 5.56 Å². The van der Waals surface area contributed by atoms with E-state index >= 15 is 0 Å². The van der Waals surface area contributed by atoms with Gasteiger partial charge < -0.3 is 15.0 Å². The smallest absolute Gasteiger partial charge is 0.328 e. The van der Waals surface area contributed by atoms with E-state index in [9.17, 15) is 14.4 Å². The molecule has 140 valence electrons. The maximum atomic E-state index is 12.1. The number of H-pyrrole nitrogens is 1. The van der Waals surface area contributed by atoms with E-state index in [2.05, 4.69) is 15.3 Å². The fourth-order valence-electron chi connectivity index (χ4n) is 2.31. The largest absolute Gasteiger partial charge is 0.467 e. The Kier molecular flexibility index (Phi) is 7.99. The highest BCUT2D eigenvalue weighted by atomic mass is 32.2. The van der Waals surface area contributed by atoms with Crippen molar-refractivity contribution in [3.8, 4) is 0 Å². The van der Waals surface area contributed by atoms with Crippen molar-refractivity contribution in [3.63, 3.8) is 0 Å². The number of benzene rings is 1. The molecule has 0 bridgehead atoms. The second-order valence-electron chi connectivity index (χ2n) is 5.45. The third kappa shape index (κ3) is 5.77. The van der Waals surface area contributed by atoms with Gasteiger partial charge in [-0.3, -0.25) is 9.59 Å². The molecule has 0 fully saturated rings. The molecule has 0 spiro atoms. The molecule has 1 aromatic heterocycles. The summed E-state index contributed by atoms with van der Waals surface area (Å²) in [4.78, 5) is 42.9. The van der Waals surface area contributed by atoms with Gasteiger partial charge >= 0.3 is 5.97 Å². The molecule has 0 unspecified atom stereocenters. The van der Waals surface area contributed by atoms with E-state index < -0.39 is 12.0 Å². The topological polar surface area (TPSA) is 101 Å². The Labute approximate surface area is 159 Å². The molecule has 0 aliphatic rings. The molecular formula is C17H21N3O4S2. The summed E-state index contributed by atoms with van der Waals surface area (Å²) in [6.07, 6.45) is 2.45. The van der Waals surface area contributed by atoms with Crippen LogP contribution in [0.3, 0.4) is 0 Å². The zero-order chi connectivity index (χ0) is 18.9. The minimum absolute atomic E-state index is 0.156. The van der Waals surface area contributed by atoms with Gasteiger partial charge in [0.05, 0.1) is 29.5 Å². The van der Waals surface area contributed by atoms with Crippen LogP contribution in [-0.4, -0.2) is 52.8 Å². The standard InChI is InChI=1S/C17H21N3O4S2/c1-24-17(23)13(7-8-25-2)19-15(21)10-26-9-14-18-12-6-4-3-5-11(12)16(22)20-14/h3-6,13H,7-10H2,1-2H3,(H,19,21)(H,18,20,22)/t13-/m0/s1. The van der Waals surface area contributed by atoms with Crippen molar-refractivity contribution in [1.82, 2.24) is 15.3 Å². The van der Waals surface area contributed by atoms with E-state index in [0.717, 1.165) is 5.75 Å². The van der Waals surface area contributed by atoms with Crippen LogP contribution in [0.5, 0.6) is 0 Å². The van der Waals surface area contributed by atoms with Gasteiger partial charge in [0.15, 0.2) is 0 Å². The summed E-state index contributed by atoms with van der Waals surface area (Å²) in [7, 11) is 1.30. The molecule has 0 saturated heterocycles. The van der Waals surface area contributed by atoms with E-state index in [4.69, 9.17) is 4.74 Å². The lowest BCUT2D eigenvalue weighted by atomic mass is 10.2. The van der Waals surface area contributed by atoms with Crippen LogP contribution in [0.1, 0.15) is 12.2 Å². The highest BCUT2D eigenvalue weighted by Gasteiger charge is 2.20. The molecule has 2 aromatic rings. The summed E-state index contributed by atoms with van der Waals surface area (Å²) in [6.45, 7) is 0. The highest BCUT2D eigenvalue weighted by Crippen LogP contribution is 2.11. The number of aromatic nitrogens is 2. The quantitative estimate of drug-likeness (QED) is 0.622. The molecule has 0 saturated carbocycles. The van der Waals surface area contributed by atoms with Gasteiger partial charge in [-0.15, -0.1) is 11.8 Å². The molecular weight excluding hydrogens is 374 g/mol. The number of esters is 1. The zero-order valence-electron chi connectivity index (χ0n) is 14.6. The first-order valence-corrected chi connectivity index (χ1v) is 10.5. The van der Waals surface area contributed by atoms with E-state index in [-0.39, 0.29) is 17.2 Å². The number of hydrogen-bond acceptors (Lipinski definition) is 7. The van der Waals surface area contributed by atoms with Crippen molar-refractivity contribution in [2.45, 2.75) is 18.2 Å². The van der Waals surface area contributed by atoms with Gasteiger partial charge in [-0.1, -0.05) is 12.1 Å². The lowest BCUT2D eigenvalue weighted by molar-refractivity contribution is -0.144. The summed E-state index contributed by atoms with van der Waals surface area (Å²) >= 11 is 2.91. The average Bonchev–Trinajstić information content (AvgIpc) is 2.64. The number of thioether (sulfide) groups is 2. The van der Waals surface area contributed by atoms with E-state index in [1.807, 2.05) is 12.3 Å². The number of carbonyl (C=O) groups excluding carboxylic acids is 2. The third-order valence-electron chi connectivity index (χ3n) is 3.57. The summed E-state index contributed by atoms with van der Waals surface area (Å²) in [6, 6.07) is 6.46. The van der Waals surface area contributed by atoms with Crippen LogP contribution in [0.2, 0.25) is 0 Å². The molecule has 1 amide bonds. The molecule has 1 atom stereocenters. The van der Waals surface area contributed by atoms with Crippen molar-refractivity contribution < 1.29 is 14.3 Å². The van der Waals surface area contributed by atoms with Crippen LogP contribution in [0, 0.1) is 0 Å². The predicted molar refractivity (Wildman–Crippen MR) is 105 cm³/mol. The number of ether oxygens (including phenoxy) is 1. The number of carbonyl (C=O) groups is 2. The number of amides is 1. The first-order chi connectivity index (χ1) is 12.5. The molecule has 1 aromatic carbocycles. The Balaban J connectivity index is 1.89. The van der Waals surface area contributed by atoms with Crippen LogP contribution in [0.4, 0.5) is 0 Å². The maximum absolute atomic E-state index is 12.1. The Morgan fingerprint density at radius 1 is 1.35 bits per heavy atom. The van der Waals surface area contributed by atoms with Crippen LogP contribution in [0.15, 0.2) is 29.1 Å². The molecule has 26 heavy (non-hydrogen) atoms. The minimum atomic E-state index is -0.640. The molecule has 1 heterocycles. The van der Waals surface area contributed by atoms with Crippen LogP contribution < -0.4 is 10.9 Å². The number of para-hydroxylation sites is 1. The second-order valence-corrected chi connectivity index (χ2v) is 7.42. The first-order valence-electron chi connectivity index (χ1n) is 7.97. The maximum Gasteiger partial charge on any atom is 0.328 e. The molecule has 2 rings (SSSR count). The van der Waals surface area contributed by atoms with Crippen molar-refractivity contribution in [2.75, 3.05) is 24.9 Å². The third-order valence-corrected chi connectivity index (χ3v) is 5.15. The number of fused-ring (bicyclic) bond motifs is 1. The van der Waals surface area contributed by atoms with Crippen LogP contribution >= 0.6 is 23.5 Å². The fourth-order valence-corrected chi connectivity index (χ4v) is 3.48. The Bertz CT molecular complexity index is 825. The number of hydrogen-bond donors (Lipinski definition) is 2. The van der Waals surface area contributed by atoms with Gasteiger partial charge in [0.1, 0.15) is 11.9 Å². The second kappa shape index (κ2) is 10.2. The Hall–Kier alpha value is -2.00. The average molecular weight is 396 g/mol. The Morgan fingerprint density at radius 3 is 2.85 bits per heavy atom. The number of nitrogens with one attached hydrogen (secondary N) is 2. The minimum Gasteiger partial charge on any atom is -0.467 e. The van der Waals surface area contributed by atoms with E-state index in [1.54, 1.807) is 30.0 Å². The van der Waals surface area contributed by atoms with Crippen molar-refractivity contribution in [2.24, 2.45) is 0 Å². The predicted octanol–water partition coefficient (Wildman–Crippen LogP) is 1.57. The first kappa shape index (κ1) is 20.3. The van der Waals surface area contributed by atoms with Crippen molar-refractivity contribution in [3.05, 3.63) is 40.4 Å². The molecule has 0 aliphatic carbocycles. The molecule has 0 aliphatic heterocycles. The SMILES string of the molecule is COC(=O)[C@H](CCSC)NC(=O)CSCc1nc2ccccc2c(=O)[nH]1. The molecule has 0 radical (unpaired) electrons. The molecule has 9 heteroatoms. The number of aromatic amines is 1. The lowest BCUT2D eigenvalue weighted by Gasteiger charge is -2.15. The lowest BCUT2D eigenvalue weighted by Crippen LogP contribution is -2.42. The van der Waals surface area contributed by atoms with E-state index in [1.165, 1.54) is 18.9 Å². The summed E-state index contributed by atoms with van der Waals surface area (Å²) in [5.74, 6) is 1.10. The van der Waals surface area contributed by atoms with Crippen molar-refractivity contribution >= 4 is 46.3 Å².